The summed E-state index contributed by atoms with van der Waals surface area (Å²) in [5, 5.41) is 8.30. The molecule has 0 spiro atoms. The number of hydrogen-bond acceptors (Lipinski definition) is 3. The van der Waals surface area contributed by atoms with Gasteiger partial charge in [0.25, 0.3) is 0 Å². The van der Waals surface area contributed by atoms with Gasteiger partial charge in [-0.2, -0.15) is 11.3 Å². The minimum Gasteiger partial charge on any atom is -0.365 e. The summed E-state index contributed by atoms with van der Waals surface area (Å²) in [6.45, 7) is 7.02. The van der Waals surface area contributed by atoms with Crippen LogP contribution in [-0.4, -0.2) is 24.7 Å². The Balaban J connectivity index is 1.82. The van der Waals surface area contributed by atoms with Crippen molar-refractivity contribution < 1.29 is 0 Å². The van der Waals surface area contributed by atoms with Crippen molar-refractivity contribution in [1.29, 1.82) is 0 Å². The van der Waals surface area contributed by atoms with E-state index in [-0.39, 0.29) is 0 Å². The Hall–Kier alpha value is -0.540. The molecule has 3 rings (SSSR count). The van der Waals surface area contributed by atoms with Crippen LogP contribution in [0.25, 0.3) is 0 Å². The van der Waals surface area contributed by atoms with Gasteiger partial charge >= 0.3 is 0 Å². The fourth-order valence-electron chi connectivity index (χ4n) is 3.08. The lowest BCUT2D eigenvalue weighted by atomic mass is 9.90. The van der Waals surface area contributed by atoms with E-state index < -0.39 is 0 Å². The monoisotopic (exact) mass is 250 g/mol. The number of piperazine rings is 1. The van der Waals surface area contributed by atoms with Crippen molar-refractivity contribution in [1.82, 2.24) is 5.32 Å². The van der Waals surface area contributed by atoms with Gasteiger partial charge in [0.05, 0.1) is 0 Å². The third-order valence-electron chi connectivity index (χ3n) is 4.47. The molecule has 2 atom stereocenters. The molecular weight excluding hydrogens is 228 g/mol. The Morgan fingerprint density at radius 1 is 1.53 bits per heavy atom. The van der Waals surface area contributed by atoms with E-state index >= 15 is 0 Å². The molecule has 2 aliphatic rings. The van der Waals surface area contributed by atoms with Crippen LogP contribution in [-0.2, 0) is 0 Å². The van der Waals surface area contributed by atoms with Crippen LogP contribution in [0.4, 0.5) is 5.69 Å². The van der Waals surface area contributed by atoms with Crippen LogP contribution in [0.1, 0.15) is 33.1 Å². The molecule has 1 N–H and O–H groups in total. The normalized spacial score (nSPS) is 34.0. The molecule has 2 heterocycles. The maximum Gasteiger partial charge on any atom is 0.0478 e. The molecule has 2 unspecified atom stereocenters. The van der Waals surface area contributed by atoms with Crippen LogP contribution in [0.15, 0.2) is 16.8 Å². The summed E-state index contributed by atoms with van der Waals surface area (Å²) in [4.78, 5) is 2.63. The van der Waals surface area contributed by atoms with Gasteiger partial charge in [0.15, 0.2) is 0 Å². The molecule has 0 bridgehead atoms. The predicted octanol–water partition coefficient (Wildman–Crippen LogP) is 3.11. The highest BCUT2D eigenvalue weighted by molar-refractivity contribution is 7.08. The topological polar surface area (TPSA) is 15.3 Å². The van der Waals surface area contributed by atoms with Gasteiger partial charge in [0, 0.05) is 35.7 Å². The lowest BCUT2D eigenvalue weighted by molar-refractivity contribution is 0.253. The third kappa shape index (κ3) is 2.11. The number of rotatable bonds is 3. The van der Waals surface area contributed by atoms with Gasteiger partial charge < -0.3 is 10.2 Å². The Morgan fingerprint density at radius 2 is 2.35 bits per heavy atom. The van der Waals surface area contributed by atoms with Crippen LogP contribution in [0.5, 0.6) is 0 Å². The Kier molecular flexibility index (Phi) is 2.91. The molecule has 2 nitrogen and oxygen atoms in total. The number of nitrogens with zero attached hydrogens (tertiary/aromatic N) is 1. The fourth-order valence-corrected chi connectivity index (χ4v) is 3.73. The summed E-state index contributed by atoms with van der Waals surface area (Å²) >= 11 is 1.81. The molecule has 1 aromatic heterocycles. The first kappa shape index (κ1) is 11.5. The summed E-state index contributed by atoms with van der Waals surface area (Å²) in [6, 6.07) is 2.93. The van der Waals surface area contributed by atoms with E-state index in [1.165, 1.54) is 31.5 Å². The summed E-state index contributed by atoms with van der Waals surface area (Å²) in [6.07, 6.45) is 4.05. The van der Waals surface area contributed by atoms with Crippen molar-refractivity contribution >= 4 is 17.0 Å². The van der Waals surface area contributed by atoms with Crippen molar-refractivity contribution in [2.75, 3.05) is 18.0 Å². The van der Waals surface area contributed by atoms with E-state index in [9.17, 15) is 0 Å². The first-order valence-corrected chi connectivity index (χ1v) is 7.71. The molecule has 1 aromatic rings. The standard InChI is InChI=1S/C14H22N2S/c1-3-12-8-15-14(2,11-4-5-11)10-16(12)13-6-7-17-9-13/h6-7,9,11-12,15H,3-5,8,10H2,1-2H3. The molecule has 0 aromatic carbocycles. The van der Waals surface area contributed by atoms with Gasteiger partial charge in [0.1, 0.15) is 0 Å². The first-order valence-electron chi connectivity index (χ1n) is 6.77. The zero-order chi connectivity index (χ0) is 11.9. The SMILES string of the molecule is CCC1CNC(C)(C2CC2)CN1c1ccsc1. The molecule has 1 saturated heterocycles. The molecule has 0 amide bonds. The van der Waals surface area contributed by atoms with Crippen LogP contribution in [0, 0.1) is 5.92 Å². The highest BCUT2D eigenvalue weighted by atomic mass is 32.1. The Bertz CT molecular complexity index is 372. The predicted molar refractivity (Wildman–Crippen MR) is 74.9 cm³/mol. The van der Waals surface area contributed by atoms with Gasteiger partial charge in [-0.1, -0.05) is 6.92 Å². The largest absolute Gasteiger partial charge is 0.365 e. The lowest BCUT2D eigenvalue weighted by Gasteiger charge is -2.47. The van der Waals surface area contributed by atoms with Gasteiger partial charge in [-0.05, 0) is 43.6 Å². The second kappa shape index (κ2) is 4.29. The van der Waals surface area contributed by atoms with Gasteiger partial charge in [-0.3, -0.25) is 0 Å². The maximum atomic E-state index is 3.81. The smallest absolute Gasteiger partial charge is 0.0478 e. The fraction of sp³-hybridized carbons (Fsp3) is 0.714. The highest BCUT2D eigenvalue weighted by Crippen LogP contribution is 2.42. The minimum atomic E-state index is 0.341. The highest BCUT2D eigenvalue weighted by Gasteiger charge is 2.45. The van der Waals surface area contributed by atoms with Crippen LogP contribution < -0.4 is 10.2 Å². The zero-order valence-corrected chi connectivity index (χ0v) is 11.6. The van der Waals surface area contributed by atoms with Crippen LogP contribution >= 0.6 is 11.3 Å². The second-order valence-electron chi connectivity index (χ2n) is 5.74. The molecular formula is C14H22N2S. The molecule has 2 fully saturated rings. The second-order valence-corrected chi connectivity index (χ2v) is 6.52. The molecule has 94 valence electrons. The third-order valence-corrected chi connectivity index (χ3v) is 5.14. The minimum absolute atomic E-state index is 0.341. The number of hydrogen-bond donors (Lipinski definition) is 1. The summed E-state index contributed by atoms with van der Waals surface area (Å²) in [7, 11) is 0. The van der Waals surface area contributed by atoms with Crippen molar-refractivity contribution in [3.63, 3.8) is 0 Å². The Morgan fingerprint density at radius 3 is 2.94 bits per heavy atom. The lowest BCUT2D eigenvalue weighted by Crippen LogP contribution is -2.64. The van der Waals surface area contributed by atoms with E-state index in [0.29, 0.717) is 11.6 Å². The number of anilines is 1. The Labute approximate surface area is 108 Å². The van der Waals surface area contributed by atoms with Gasteiger partial charge in [-0.15, -0.1) is 0 Å². The number of thiophene rings is 1. The van der Waals surface area contributed by atoms with Crippen molar-refractivity contribution in [2.45, 2.75) is 44.7 Å². The quantitative estimate of drug-likeness (QED) is 0.887. The average molecular weight is 250 g/mol. The van der Waals surface area contributed by atoms with E-state index in [4.69, 9.17) is 0 Å². The number of nitrogens with one attached hydrogen (secondary N) is 1. The summed E-state index contributed by atoms with van der Waals surface area (Å²) in [5.41, 5.74) is 1.77. The molecule has 1 saturated carbocycles. The van der Waals surface area contributed by atoms with Crippen molar-refractivity contribution in [3.05, 3.63) is 16.8 Å². The molecule has 17 heavy (non-hydrogen) atoms. The van der Waals surface area contributed by atoms with Gasteiger partial charge in [0.2, 0.25) is 0 Å². The molecule has 3 heteroatoms. The van der Waals surface area contributed by atoms with E-state index in [1.807, 2.05) is 11.3 Å². The van der Waals surface area contributed by atoms with Crippen molar-refractivity contribution in [2.24, 2.45) is 5.92 Å². The molecule has 1 aliphatic carbocycles. The van der Waals surface area contributed by atoms with E-state index in [1.54, 1.807) is 0 Å². The van der Waals surface area contributed by atoms with Crippen molar-refractivity contribution in [3.8, 4) is 0 Å². The zero-order valence-electron chi connectivity index (χ0n) is 10.8. The maximum absolute atomic E-state index is 3.81. The van der Waals surface area contributed by atoms with Crippen LogP contribution in [0.2, 0.25) is 0 Å². The average Bonchev–Trinajstić information content (AvgIpc) is 3.06. The van der Waals surface area contributed by atoms with E-state index in [0.717, 1.165) is 12.5 Å². The van der Waals surface area contributed by atoms with Crippen LogP contribution in [0.3, 0.4) is 0 Å². The van der Waals surface area contributed by atoms with E-state index in [2.05, 4.69) is 40.9 Å². The first-order chi connectivity index (χ1) is 8.23. The van der Waals surface area contributed by atoms with Gasteiger partial charge in [-0.25, -0.2) is 0 Å². The molecule has 0 radical (unpaired) electrons. The summed E-state index contributed by atoms with van der Waals surface area (Å²) < 4.78 is 0. The summed E-state index contributed by atoms with van der Waals surface area (Å²) in [5.74, 6) is 0.904. The molecule has 1 aliphatic heterocycles.